The average molecular weight is 326 g/mol. The molecule has 122 valence electrons. The third-order valence-electron chi connectivity index (χ3n) is 4.91. The third-order valence-corrected chi connectivity index (χ3v) is 5.14. The summed E-state index contributed by atoms with van der Waals surface area (Å²) in [6.45, 7) is 8.83. The number of pyridine rings is 1. The van der Waals surface area contributed by atoms with Crippen molar-refractivity contribution >= 4 is 23.5 Å². The number of amides is 1. The highest BCUT2D eigenvalue weighted by molar-refractivity contribution is 6.30. The van der Waals surface area contributed by atoms with E-state index in [4.69, 9.17) is 11.6 Å². The Bertz CT molecular complexity index is 541. The monoisotopic (exact) mass is 325 g/mol. The zero-order valence-electron chi connectivity index (χ0n) is 13.6. The predicted octanol–water partition coefficient (Wildman–Crippen LogP) is 4.09. The minimum atomic E-state index is -0.868. The van der Waals surface area contributed by atoms with Gasteiger partial charge in [-0.1, -0.05) is 32.4 Å². The lowest BCUT2D eigenvalue weighted by Crippen LogP contribution is -2.68. The van der Waals surface area contributed by atoms with Gasteiger partial charge in [0.1, 0.15) is 5.82 Å². The van der Waals surface area contributed by atoms with E-state index in [1.807, 2.05) is 13.0 Å². The van der Waals surface area contributed by atoms with Gasteiger partial charge in [-0.15, -0.1) is 0 Å². The van der Waals surface area contributed by atoms with E-state index in [1.165, 1.54) is 0 Å². The molecule has 0 aromatic carbocycles. The third kappa shape index (κ3) is 3.00. The highest BCUT2D eigenvalue weighted by Crippen LogP contribution is 2.43. The molecule has 1 aliphatic rings. The molecule has 2 atom stereocenters. The first kappa shape index (κ1) is 16.9. The van der Waals surface area contributed by atoms with Crippen molar-refractivity contribution in [1.29, 1.82) is 0 Å². The highest BCUT2D eigenvalue weighted by atomic mass is 35.5. The molecule has 1 saturated heterocycles. The smallest absolute Gasteiger partial charge is 0.407 e. The summed E-state index contributed by atoms with van der Waals surface area (Å²) >= 11 is 5.87. The summed E-state index contributed by atoms with van der Waals surface area (Å²) in [5.41, 5.74) is -0.742. The molecule has 0 radical (unpaired) electrons. The van der Waals surface area contributed by atoms with E-state index in [9.17, 15) is 9.90 Å². The predicted molar refractivity (Wildman–Crippen MR) is 88.5 cm³/mol. The second kappa shape index (κ2) is 5.95. The van der Waals surface area contributed by atoms with Crippen molar-refractivity contribution in [2.75, 3.05) is 11.9 Å². The van der Waals surface area contributed by atoms with Crippen LogP contribution in [0.15, 0.2) is 18.3 Å². The van der Waals surface area contributed by atoms with Gasteiger partial charge < -0.3 is 15.3 Å². The van der Waals surface area contributed by atoms with Crippen molar-refractivity contribution in [2.24, 2.45) is 5.41 Å². The van der Waals surface area contributed by atoms with Crippen LogP contribution in [-0.2, 0) is 0 Å². The second-order valence-electron chi connectivity index (χ2n) is 7.03. The van der Waals surface area contributed by atoms with Crippen LogP contribution in [0.2, 0.25) is 5.02 Å². The Labute approximate surface area is 136 Å². The van der Waals surface area contributed by atoms with Crippen LogP contribution in [0, 0.1) is 5.41 Å². The zero-order valence-corrected chi connectivity index (χ0v) is 14.3. The van der Waals surface area contributed by atoms with E-state index < -0.39 is 11.6 Å². The minimum Gasteiger partial charge on any atom is -0.465 e. The molecule has 1 aliphatic heterocycles. The number of carboxylic acid groups (broad SMARTS) is 1. The van der Waals surface area contributed by atoms with Crippen LogP contribution in [0.4, 0.5) is 10.6 Å². The molecule has 6 heteroatoms. The van der Waals surface area contributed by atoms with E-state index in [0.29, 0.717) is 11.6 Å². The lowest BCUT2D eigenvalue weighted by molar-refractivity contribution is -0.0203. The fourth-order valence-electron chi connectivity index (χ4n) is 3.23. The molecular weight excluding hydrogens is 302 g/mol. The maximum atomic E-state index is 11.7. The number of hydrogen-bond donors (Lipinski definition) is 2. The maximum absolute atomic E-state index is 11.7. The van der Waals surface area contributed by atoms with Crippen molar-refractivity contribution in [1.82, 2.24) is 9.88 Å². The second-order valence-corrected chi connectivity index (χ2v) is 7.47. The van der Waals surface area contributed by atoms with Crippen LogP contribution in [0.1, 0.15) is 40.5 Å². The Morgan fingerprint density at radius 2 is 2.18 bits per heavy atom. The largest absolute Gasteiger partial charge is 0.465 e. The van der Waals surface area contributed by atoms with Crippen molar-refractivity contribution < 1.29 is 9.90 Å². The first-order valence-electron chi connectivity index (χ1n) is 7.55. The van der Waals surface area contributed by atoms with Crippen molar-refractivity contribution in [3.63, 3.8) is 0 Å². The number of nitrogens with zero attached hydrogens (tertiary/aromatic N) is 2. The fraction of sp³-hybridized carbons (Fsp3) is 0.625. The summed E-state index contributed by atoms with van der Waals surface area (Å²) in [7, 11) is 0. The first-order chi connectivity index (χ1) is 10.2. The van der Waals surface area contributed by atoms with Crippen LogP contribution in [0.25, 0.3) is 0 Å². The number of anilines is 1. The van der Waals surface area contributed by atoms with Crippen LogP contribution in [0.5, 0.6) is 0 Å². The van der Waals surface area contributed by atoms with Gasteiger partial charge in [0.25, 0.3) is 0 Å². The van der Waals surface area contributed by atoms with Crippen molar-refractivity contribution in [2.45, 2.75) is 52.1 Å². The van der Waals surface area contributed by atoms with Gasteiger partial charge in [0.05, 0.1) is 16.6 Å². The molecule has 0 saturated carbocycles. The number of aromatic nitrogens is 1. The SMILES string of the molecule is CC(C)(C)C1(C)C(Nc2ccc(Cl)cn2)CCCN1C(=O)O. The molecule has 0 aliphatic carbocycles. The molecule has 1 aromatic heterocycles. The molecule has 1 fully saturated rings. The Balaban J connectivity index is 2.34. The first-order valence-corrected chi connectivity index (χ1v) is 7.92. The van der Waals surface area contributed by atoms with E-state index in [2.05, 4.69) is 31.1 Å². The molecule has 0 bridgehead atoms. The summed E-state index contributed by atoms with van der Waals surface area (Å²) in [4.78, 5) is 17.6. The van der Waals surface area contributed by atoms with Gasteiger partial charge in [-0.25, -0.2) is 9.78 Å². The topological polar surface area (TPSA) is 65.5 Å². The molecule has 2 heterocycles. The van der Waals surface area contributed by atoms with Gasteiger partial charge in [-0.3, -0.25) is 0 Å². The molecular formula is C16H24ClN3O2. The van der Waals surface area contributed by atoms with Gasteiger partial charge in [0, 0.05) is 12.7 Å². The Morgan fingerprint density at radius 1 is 1.50 bits per heavy atom. The molecule has 22 heavy (non-hydrogen) atoms. The molecule has 2 rings (SSSR count). The number of likely N-dealkylation sites (tertiary alicyclic amines) is 1. The maximum Gasteiger partial charge on any atom is 0.407 e. The lowest BCUT2D eigenvalue weighted by atomic mass is 9.66. The highest BCUT2D eigenvalue weighted by Gasteiger charge is 2.52. The Hall–Kier alpha value is -1.49. The zero-order chi connectivity index (χ0) is 16.5. The number of hydrogen-bond acceptors (Lipinski definition) is 3. The van der Waals surface area contributed by atoms with E-state index >= 15 is 0 Å². The lowest BCUT2D eigenvalue weighted by Gasteiger charge is -2.56. The normalized spacial score (nSPS) is 25.9. The summed E-state index contributed by atoms with van der Waals surface area (Å²) in [6, 6.07) is 3.60. The fourth-order valence-corrected chi connectivity index (χ4v) is 3.34. The van der Waals surface area contributed by atoms with Crippen LogP contribution >= 0.6 is 11.6 Å². The van der Waals surface area contributed by atoms with Gasteiger partial charge >= 0.3 is 6.09 Å². The Morgan fingerprint density at radius 3 is 2.68 bits per heavy atom. The van der Waals surface area contributed by atoms with Gasteiger partial charge in [0.2, 0.25) is 0 Å². The Kier molecular flexibility index (Phi) is 4.57. The quantitative estimate of drug-likeness (QED) is 0.859. The van der Waals surface area contributed by atoms with E-state index in [0.717, 1.165) is 18.7 Å². The number of carbonyl (C=O) groups is 1. The van der Waals surface area contributed by atoms with Crippen LogP contribution in [0.3, 0.4) is 0 Å². The van der Waals surface area contributed by atoms with Crippen molar-refractivity contribution in [3.8, 4) is 0 Å². The standard InChI is InChI=1S/C16H24ClN3O2/c1-15(2,3)16(4)12(6-5-9-20(16)14(21)22)19-13-8-7-11(17)10-18-13/h7-8,10,12H,5-6,9H2,1-4H3,(H,18,19)(H,21,22). The summed E-state index contributed by atoms with van der Waals surface area (Å²) in [5, 5.41) is 13.6. The van der Waals surface area contributed by atoms with Crippen molar-refractivity contribution in [3.05, 3.63) is 23.4 Å². The average Bonchev–Trinajstić information content (AvgIpc) is 2.42. The summed E-state index contributed by atoms with van der Waals surface area (Å²) < 4.78 is 0. The molecule has 0 spiro atoms. The number of piperidine rings is 1. The summed E-state index contributed by atoms with van der Waals surface area (Å²) in [5.74, 6) is 0.720. The van der Waals surface area contributed by atoms with Crippen LogP contribution in [-0.4, -0.2) is 39.2 Å². The van der Waals surface area contributed by atoms with E-state index in [-0.39, 0.29) is 11.5 Å². The van der Waals surface area contributed by atoms with Crippen LogP contribution < -0.4 is 5.32 Å². The molecule has 2 unspecified atom stereocenters. The molecule has 5 nitrogen and oxygen atoms in total. The molecule has 1 amide bonds. The summed E-state index contributed by atoms with van der Waals surface area (Å²) in [6.07, 6.45) is 2.47. The number of rotatable bonds is 2. The minimum absolute atomic E-state index is 0.00831. The van der Waals surface area contributed by atoms with Gasteiger partial charge in [-0.05, 0) is 37.3 Å². The molecule has 2 N–H and O–H groups in total. The molecule has 1 aromatic rings. The van der Waals surface area contributed by atoms with E-state index in [1.54, 1.807) is 17.2 Å². The van der Waals surface area contributed by atoms with Gasteiger partial charge in [-0.2, -0.15) is 0 Å². The van der Waals surface area contributed by atoms with Gasteiger partial charge in [0.15, 0.2) is 0 Å². The number of nitrogens with one attached hydrogen (secondary N) is 1. The number of halogens is 1.